The summed E-state index contributed by atoms with van der Waals surface area (Å²) in [6.07, 6.45) is -0.0465. The predicted octanol–water partition coefficient (Wildman–Crippen LogP) is 2.27. The summed E-state index contributed by atoms with van der Waals surface area (Å²) in [7, 11) is 0. The van der Waals surface area contributed by atoms with Crippen LogP contribution in [0, 0.1) is 0 Å². The second-order valence-corrected chi connectivity index (χ2v) is 8.18. The fraction of sp³-hybridized carbons (Fsp3) is 0.480. The molecular weight excluding hydrogens is 390 g/mol. The summed E-state index contributed by atoms with van der Waals surface area (Å²) in [5.74, 6) is 0.230. The van der Waals surface area contributed by atoms with Crippen molar-refractivity contribution in [2.45, 2.75) is 6.10 Å². The molecule has 0 aromatic heterocycles. The second-order valence-electron chi connectivity index (χ2n) is 8.18. The summed E-state index contributed by atoms with van der Waals surface area (Å²) in [6, 6.07) is 20.8. The minimum atomic E-state index is -0.0465. The lowest BCUT2D eigenvalue weighted by molar-refractivity contribution is -0.136. The molecule has 0 bridgehead atoms. The molecule has 2 heterocycles. The van der Waals surface area contributed by atoms with Gasteiger partial charge in [0.15, 0.2) is 0 Å². The summed E-state index contributed by atoms with van der Waals surface area (Å²) in [4.78, 5) is 19.1. The van der Waals surface area contributed by atoms with Crippen LogP contribution >= 0.6 is 0 Å². The molecule has 0 N–H and O–H groups in total. The van der Waals surface area contributed by atoms with E-state index in [2.05, 4.69) is 58.3 Å². The Morgan fingerprint density at radius 2 is 1.35 bits per heavy atom. The number of hydrogen-bond acceptors (Lipinski definition) is 5. The normalized spacial score (nSPS) is 18.4. The number of benzene rings is 2. The van der Waals surface area contributed by atoms with Crippen LogP contribution in [0.3, 0.4) is 0 Å². The van der Waals surface area contributed by atoms with Crippen molar-refractivity contribution in [2.75, 3.05) is 72.2 Å². The van der Waals surface area contributed by atoms with Gasteiger partial charge >= 0.3 is 0 Å². The molecule has 0 spiro atoms. The maximum Gasteiger partial charge on any atom is 0.236 e. The van der Waals surface area contributed by atoms with Crippen LogP contribution in [0.2, 0.25) is 0 Å². The summed E-state index contributed by atoms with van der Waals surface area (Å²) < 4.78 is 11.7. The molecule has 6 nitrogen and oxygen atoms in total. The topological polar surface area (TPSA) is 45.2 Å². The standard InChI is InChI=1S/C25H33N3O3/c29-24(28-16-18-30-19-17-28)21-27-13-11-26(12-14-27)15-20-31-25(22-7-3-1-4-8-22)23-9-5-2-6-10-23/h1-10,25H,11-21H2. The van der Waals surface area contributed by atoms with Gasteiger partial charge in [0.05, 0.1) is 26.4 Å². The number of amides is 1. The summed E-state index contributed by atoms with van der Waals surface area (Å²) in [5, 5.41) is 0. The zero-order valence-corrected chi connectivity index (χ0v) is 18.2. The van der Waals surface area contributed by atoms with Gasteiger partial charge in [-0.2, -0.15) is 0 Å². The van der Waals surface area contributed by atoms with E-state index < -0.39 is 0 Å². The number of nitrogens with zero attached hydrogens (tertiary/aromatic N) is 3. The first-order chi connectivity index (χ1) is 15.3. The van der Waals surface area contributed by atoms with E-state index in [0.717, 1.165) is 45.8 Å². The zero-order chi connectivity index (χ0) is 21.3. The van der Waals surface area contributed by atoms with E-state index in [-0.39, 0.29) is 12.0 Å². The van der Waals surface area contributed by atoms with Crippen LogP contribution in [0.4, 0.5) is 0 Å². The molecule has 31 heavy (non-hydrogen) atoms. The lowest BCUT2D eigenvalue weighted by Crippen LogP contribution is -2.51. The Kier molecular flexibility index (Phi) is 8.07. The molecule has 2 aliphatic rings. The maximum atomic E-state index is 12.5. The molecule has 4 rings (SSSR count). The van der Waals surface area contributed by atoms with Crippen LogP contribution in [0.15, 0.2) is 60.7 Å². The van der Waals surface area contributed by atoms with Crippen molar-refractivity contribution in [3.63, 3.8) is 0 Å². The highest BCUT2D eigenvalue weighted by atomic mass is 16.5. The van der Waals surface area contributed by atoms with Gasteiger partial charge in [-0.05, 0) is 11.1 Å². The van der Waals surface area contributed by atoms with Crippen molar-refractivity contribution in [3.05, 3.63) is 71.8 Å². The van der Waals surface area contributed by atoms with Crippen LogP contribution in [0.1, 0.15) is 17.2 Å². The highest BCUT2D eigenvalue weighted by Crippen LogP contribution is 2.25. The van der Waals surface area contributed by atoms with Gasteiger partial charge in [-0.1, -0.05) is 60.7 Å². The summed E-state index contributed by atoms with van der Waals surface area (Å²) >= 11 is 0. The van der Waals surface area contributed by atoms with Crippen molar-refractivity contribution < 1.29 is 14.3 Å². The Hall–Kier alpha value is -2.25. The number of carbonyl (C=O) groups is 1. The van der Waals surface area contributed by atoms with E-state index >= 15 is 0 Å². The van der Waals surface area contributed by atoms with E-state index in [1.165, 1.54) is 11.1 Å². The molecule has 2 aromatic carbocycles. The largest absolute Gasteiger partial charge is 0.378 e. The molecule has 0 atom stereocenters. The molecule has 2 fully saturated rings. The average molecular weight is 424 g/mol. The predicted molar refractivity (Wildman–Crippen MR) is 121 cm³/mol. The second kappa shape index (κ2) is 11.4. The minimum Gasteiger partial charge on any atom is -0.378 e. The molecule has 2 saturated heterocycles. The fourth-order valence-corrected chi connectivity index (χ4v) is 4.22. The zero-order valence-electron chi connectivity index (χ0n) is 18.2. The van der Waals surface area contributed by atoms with Crippen molar-refractivity contribution in [1.29, 1.82) is 0 Å². The molecule has 2 aromatic rings. The SMILES string of the molecule is O=C(CN1CCN(CCOC(c2ccccc2)c2ccccc2)CC1)N1CCOCC1. The van der Waals surface area contributed by atoms with Crippen molar-refractivity contribution >= 4 is 5.91 Å². The van der Waals surface area contributed by atoms with Gasteiger partial charge in [0, 0.05) is 45.8 Å². The van der Waals surface area contributed by atoms with E-state index in [4.69, 9.17) is 9.47 Å². The first kappa shape index (κ1) is 22.0. The minimum absolute atomic E-state index is 0.0465. The third kappa shape index (κ3) is 6.37. The third-order valence-corrected chi connectivity index (χ3v) is 6.08. The smallest absolute Gasteiger partial charge is 0.236 e. The number of morpholine rings is 1. The van der Waals surface area contributed by atoms with Crippen molar-refractivity contribution in [1.82, 2.24) is 14.7 Å². The maximum absolute atomic E-state index is 12.5. The molecule has 2 aliphatic heterocycles. The van der Waals surface area contributed by atoms with Crippen LogP contribution in [0.25, 0.3) is 0 Å². The van der Waals surface area contributed by atoms with Crippen LogP contribution < -0.4 is 0 Å². The molecule has 0 saturated carbocycles. The first-order valence-corrected chi connectivity index (χ1v) is 11.3. The van der Waals surface area contributed by atoms with Gasteiger partial charge in [0.2, 0.25) is 5.91 Å². The summed E-state index contributed by atoms with van der Waals surface area (Å²) in [6.45, 7) is 8.67. The molecule has 0 unspecified atom stereocenters. The van der Waals surface area contributed by atoms with E-state index in [1.54, 1.807) is 0 Å². The Bertz CT molecular complexity index is 749. The van der Waals surface area contributed by atoms with Crippen LogP contribution in [0.5, 0.6) is 0 Å². The quantitative estimate of drug-likeness (QED) is 0.652. The van der Waals surface area contributed by atoms with Gasteiger partial charge < -0.3 is 14.4 Å². The Morgan fingerprint density at radius 1 is 0.806 bits per heavy atom. The van der Waals surface area contributed by atoms with Gasteiger partial charge in [-0.3, -0.25) is 14.6 Å². The third-order valence-electron chi connectivity index (χ3n) is 6.08. The number of carbonyl (C=O) groups excluding carboxylic acids is 1. The molecule has 166 valence electrons. The Labute approximate surface area is 185 Å². The van der Waals surface area contributed by atoms with E-state index in [0.29, 0.717) is 26.4 Å². The number of piperazine rings is 1. The van der Waals surface area contributed by atoms with Crippen LogP contribution in [-0.2, 0) is 14.3 Å². The van der Waals surface area contributed by atoms with E-state index in [9.17, 15) is 4.79 Å². The van der Waals surface area contributed by atoms with Crippen LogP contribution in [-0.4, -0.2) is 92.8 Å². The van der Waals surface area contributed by atoms with Gasteiger partial charge in [0.25, 0.3) is 0 Å². The average Bonchev–Trinajstić information content (AvgIpc) is 2.84. The molecule has 1 amide bonds. The number of rotatable bonds is 8. The number of ether oxygens (including phenoxy) is 2. The number of hydrogen-bond donors (Lipinski definition) is 0. The van der Waals surface area contributed by atoms with Crippen molar-refractivity contribution in [2.24, 2.45) is 0 Å². The van der Waals surface area contributed by atoms with E-state index in [1.807, 2.05) is 17.0 Å². The van der Waals surface area contributed by atoms with Gasteiger partial charge in [0.1, 0.15) is 6.10 Å². The fourth-order valence-electron chi connectivity index (χ4n) is 4.22. The Balaban J connectivity index is 1.22. The highest BCUT2D eigenvalue weighted by Gasteiger charge is 2.23. The molecule has 6 heteroatoms. The van der Waals surface area contributed by atoms with Crippen molar-refractivity contribution in [3.8, 4) is 0 Å². The van der Waals surface area contributed by atoms with Gasteiger partial charge in [-0.15, -0.1) is 0 Å². The Morgan fingerprint density at radius 3 is 1.94 bits per heavy atom. The van der Waals surface area contributed by atoms with Gasteiger partial charge in [-0.25, -0.2) is 0 Å². The lowest BCUT2D eigenvalue weighted by Gasteiger charge is -2.36. The monoisotopic (exact) mass is 423 g/mol. The first-order valence-electron chi connectivity index (χ1n) is 11.3. The highest BCUT2D eigenvalue weighted by molar-refractivity contribution is 5.78. The molecule has 0 aliphatic carbocycles. The molecular formula is C25H33N3O3. The molecule has 0 radical (unpaired) electrons. The lowest BCUT2D eigenvalue weighted by atomic mass is 10.0. The summed E-state index contributed by atoms with van der Waals surface area (Å²) in [5.41, 5.74) is 2.36.